The highest BCUT2D eigenvalue weighted by Gasteiger charge is 2.46. The molecule has 2 aromatic carbocycles. The van der Waals surface area contributed by atoms with Gasteiger partial charge < -0.3 is 25.3 Å². The molecule has 2 aliphatic rings. The number of benzene rings is 2. The van der Waals surface area contributed by atoms with E-state index in [2.05, 4.69) is 37.2 Å². The van der Waals surface area contributed by atoms with Crippen LogP contribution in [0.25, 0.3) is 0 Å². The third-order valence-electron chi connectivity index (χ3n) is 6.53. The van der Waals surface area contributed by atoms with Gasteiger partial charge >= 0.3 is 5.97 Å². The molecule has 1 heterocycles. The van der Waals surface area contributed by atoms with E-state index in [9.17, 15) is 14.4 Å². The SMILES string of the molecule is CCOC(=O)C1=C(N)OC2=C(C(=O)CC(C)(C)C2)C1c1cc(Br)ccc1OCC(=O)Nc1ccc(Br)c(C)c1. The quantitative estimate of drug-likeness (QED) is 0.348. The number of ketones is 1. The molecule has 0 bridgehead atoms. The van der Waals surface area contributed by atoms with Gasteiger partial charge in [0, 0.05) is 38.6 Å². The highest BCUT2D eigenvalue weighted by atomic mass is 79.9. The van der Waals surface area contributed by atoms with Crippen LogP contribution in [0.4, 0.5) is 5.69 Å². The van der Waals surface area contributed by atoms with Crippen LogP contribution < -0.4 is 15.8 Å². The number of aryl methyl sites for hydroxylation is 1. The van der Waals surface area contributed by atoms with Gasteiger partial charge in [0.2, 0.25) is 5.88 Å². The van der Waals surface area contributed by atoms with Crippen molar-refractivity contribution in [2.24, 2.45) is 11.1 Å². The maximum absolute atomic E-state index is 13.5. The number of Topliss-reactive ketones (excluding diaryl/α,β-unsaturated/α-hetero) is 1. The number of allylic oxidation sites excluding steroid dienone is 2. The molecule has 1 aliphatic heterocycles. The van der Waals surface area contributed by atoms with E-state index < -0.39 is 11.9 Å². The Hall–Kier alpha value is -3.11. The van der Waals surface area contributed by atoms with E-state index in [0.717, 1.165) is 10.0 Å². The first kappa shape index (κ1) is 28.9. The van der Waals surface area contributed by atoms with Gasteiger partial charge in [-0.15, -0.1) is 0 Å². The molecule has 1 unspecified atom stereocenters. The molecule has 1 atom stereocenters. The number of anilines is 1. The van der Waals surface area contributed by atoms with Crippen molar-refractivity contribution in [3.8, 4) is 5.75 Å². The normalized spacial score (nSPS) is 18.3. The predicted octanol–water partition coefficient (Wildman–Crippen LogP) is 6.03. The second-order valence-electron chi connectivity index (χ2n) is 10.3. The molecule has 2 aromatic rings. The zero-order valence-corrected chi connectivity index (χ0v) is 25.3. The van der Waals surface area contributed by atoms with Gasteiger partial charge in [-0.25, -0.2) is 4.79 Å². The van der Waals surface area contributed by atoms with E-state index in [-0.39, 0.29) is 48.2 Å². The number of nitrogens with one attached hydrogen (secondary N) is 1. The number of hydrogen-bond donors (Lipinski definition) is 2. The Kier molecular flexibility index (Phi) is 8.56. The summed E-state index contributed by atoms with van der Waals surface area (Å²) in [6.07, 6.45) is 0.751. The van der Waals surface area contributed by atoms with E-state index in [0.29, 0.717) is 39.2 Å². The maximum atomic E-state index is 13.5. The first-order chi connectivity index (χ1) is 18.4. The lowest BCUT2D eigenvalue weighted by atomic mass is 9.70. The minimum atomic E-state index is -0.888. The van der Waals surface area contributed by atoms with Gasteiger partial charge in [-0.05, 0) is 61.2 Å². The fourth-order valence-electron chi connectivity index (χ4n) is 4.84. The maximum Gasteiger partial charge on any atom is 0.340 e. The Morgan fingerprint density at radius 3 is 2.59 bits per heavy atom. The van der Waals surface area contributed by atoms with Crippen LogP contribution in [0.15, 0.2) is 68.1 Å². The van der Waals surface area contributed by atoms with Crippen LogP contribution in [0.2, 0.25) is 0 Å². The summed E-state index contributed by atoms with van der Waals surface area (Å²) >= 11 is 6.94. The average molecular weight is 662 g/mol. The van der Waals surface area contributed by atoms with Crippen molar-refractivity contribution in [2.45, 2.75) is 46.5 Å². The molecule has 3 N–H and O–H groups in total. The monoisotopic (exact) mass is 660 g/mol. The van der Waals surface area contributed by atoms with Crippen LogP contribution in [0.1, 0.15) is 50.7 Å². The van der Waals surface area contributed by atoms with Crippen molar-refractivity contribution >= 4 is 55.2 Å². The Bertz CT molecular complexity index is 1410. The van der Waals surface area contributed by atoms with Crippen LogP contribution in [0.5, 0.6) is 5.75 Å². The first-order valence-electron chi connectivity index (χ1n) is 12.5. The Morgan fingerprint density at radius 1 is 1.15 bits per heavy atom. The van der Waals surface area contributed by atoms with E-state index in [1.54, 1.807) is 31.2 Å². The van der Waals surface area contributed by atoms with Crippen LogP contribution in [0.3, 0.4) is 0 Å². The van der Waals surface area contributed by atoms with Gasteiger partial charge in [0.1, 0.15) is 17.1 Å². The molecule has 10 heteroatoms. The number of carbonyl (C=O) groups excluding carboxylic acids is 3. The zero-order valence-electron chi connectivity index (χ0n) is 22.2. The molecule has 39 heavy (non-hydrogen) atoms. The fourth-order valence-corrected chi connectivity index (χ4v) is 5.47. The smallest absolute Gasteiger partial charge is 0.340 e. The summed E-state index contributed by atoms with van der Waals surface area (Å²) < 4.78 is 18.8. The molecule has 8 nitrogen and oxygen atoms in total. The average Bonchev–Trinajstić information content (AvgIpc) is 2.84. The van der Waals surface area contributed by atoms with Crippen LogP contribution in [-0.4, -0.2) is 30.9 Å². The lowest BCUT2D eigenvalue weighted by Gasteiger charge is -2.38. The topological polar surface area (TPSA) is 117 Å². The van der Waals surface area contributed by atoms with E-state index in [1.165, 1.54) is 0 Å². The fraction of sp³-hybridized carbons (Fsp3) is 0.345. The minimum Gasteiger partial charge on any atom is -0.483 e. The summed E-state index contributed by atoms with van der Waals surface area (Å²) in [5, 5.41) is 2.82. The van der Waals surface area contributed by atoms with Crippen molar-refractivity contribution in [1.82, 2.24) is 0 Å². The van der Waals surface area contributed by atoms with Gasteiger partial charge in [-0.1, -0.05) is 45.7 Å². The van der Waals surface area contributed by atoms with Gasteiger partial charge in [0.25, 0.3) is 5.91 Å². The third-order valence-corrected chi connectivity index (χ3v) is 7.92. The summed E-state index contributed by atoms with van der Waals surface area (Å²) in [5.74, 6) is -1.44. The molecule has 1 aliphatic carbocycles. The Morgan fingerprint density at radius 2 is 1.90 bits per heavy atom. The number of esters is 1. The van der Waals surface area contributed by atoms with Crippen LogP contribution in [-0.2, 0) is 23.9 Å². The standard InChI is InChI=1S/C29H30Br2N2O6/c1-5-37-28(36)26-24(25-20(34)12-29(3,4)13-22(25)39-27(26)32)18-11-16(30)6-9-21(18)38-14-23(35)33-17-7-8-19(31)15(2)10-17/h6-11,24H,5,12-14,32H2,1-4H3,(H,33,35). The molecule has 206 valence electrons. The molecule has 0 radical (unpaired) electrons. The third kappa shape index (κ3) is 6.38. The highest BCUT2D eigenvalue weighted by Crippen LogP contribution is 2.50. The molecule has 4 rings (SSSR count). The summed E-state index contributed by atoms with van der Waals surface area (Å²) in [6, 6.07) is 10.7. The number of hydrogen-bond acceptors (Lipinski definition) is 7. The first-order valence-corrected chi connectivity index (χ1v) is 14.1. The van der Waals surface area contributed by atoms with Crippen LogP contribution in [0, 0.1) is 12.3 Å². The van der Waals surface area contributed by atoms with Gasteiger partial charge in [-0.3, -0.25) is 9.59 Å². The van der Waals surface area contributed by atoms with E-state index >= 15 is 0 Å². The summed E-state index contributed by atoms with van der Waals surface area (Å²) in [7, 11) is 0. The zero-order chi connectivity index (χ0) is 28.5. The Labute approximate surface area is 244 Å². The lowest BCUT2D eigenvalue weighted by Crippen LogP contribution is -2.36. The molecule has 0 aromatic heterocycles. The Balaban J connectivity index is 1.71. The van der Waals surface area contributed by atoms with E-state index in [1.807, 2.05) is 32.9 Å². The second kappa shape index (κ2) is 11.6. The van der Waals surface area contributed by atoms with Crippen LogP contribution >= 0.6 is 31.9 Å². The number of carbonyl (C=O) groups is 3. The second-order valence-corrected chi connectivity index (χ2v) is 12.1. The van der Waals surface area contributed by atoms with E-state index in [4.69, 9.17) is 19.9 Å². The number of nitrogens with two attached hydrogens (primary N) is 1. The summed E-state index contributed by atoms with van der Waals surface area (Å²) in [6.45, 7) is 7.39. The van der Waals surface area contributed by atoms with Crippen molar-refractivity contribution in [3.63, 3.8) is 0 Å². The predicted molar refractivity (Wildman–Crippen MR) is 154 cm³/mol. The molecular formula is C29H30Br2N2O6. The van der Waals surface area contributed by atoms with Gasteiger partial charge in [0.15, 0.2) is 12.4 Å². The number of halogens is 2. The number of ether oxygens (including phenoxy) is 3. The van der Waals surface area contributed by atoms with Crippen molar-refractivity contribution in [2.75, 3.05) is 18.5 Å². The number of rotatable bonds is 7. The summed E-state index contributed by atoms with van der Waals surface area (Å²) in [5.41, 5.74) is 8.44. The minimum absolute atomic E-state index is 0.0291. The molecular weight excluding hydrogens is 632 g/mol. The largest absolute Gasteiger partial charge is 0.483 e. The van der Waals surface area contributed by atoms with Gasteiger partial charge in [-0.2, -0.15) is 0 Å². The molecule has 0 fully saturated rings. The van der Waals surface area contributed by atoms with Crippen molar-refractivity contribution in [3.05, 3.63) is 79.3 Å². The molecule has 0 saturated heterocycles. The number of amides is 1. The molecule has 1 amide bonds. The summed E-state index contributed by atoms with van der Waals surface area (Å²) in [4.78, 5) is 39.4. The highest BCUT2D eigenvalue weighted by molar-refractivity contribution is 9.10. The molecule has 0 spiro atoms. The van der Waals surface area contributed by atoms with Crippen molar-refractivity contribution < 1.29 is 28.6 Å². The molecule has 0 saturated carbocycles. The van der Waals surface area contributed by atoms with Crippen molar-refractivity contribution in [1.29, 1.82) is 0 Å². The van der Waals surface area contributed by atoms with Gasteiger partial charge in [0.05, 0.1) is 12.5 Å². The lowest BCUT2D eigenvalue weighted by molar-refractivity contribution is -0.139.